The van der Waals surface area contributed by atoms with Crippen molar-refractivity contribution < 1.29 is 106 Å². The second kappa shape index (κ2) is 25.4. The smallest absolute Gasteiger partial charge is 0.553 e. The molecule has 0 aromatic heterocycles. The van der Waals surface area contributed by atoms with Crippen molar-refractivity contribution in [3.05, 3.63) is 104 Å². The summed E-state index contributed by atoms with van der Waals surface area (Å²) >= 11 is 0. The Bertz CT molecular complexity index is 2140. The van der Waals surface area contributed by atoms with Crippen molar-refractivity contribution in [2.24, 2.45) is 0 Å². The van der Waals surface area contributed by atoms with Crippen molar-refractivity contribution >= 4 is 26.9 Å². The Labute approximate surface area is 379 Å². The molecule has 5 rings (SSSR count). The van der Waals surface area contributed by atoms with Gasteiger partial charge in [0.2, 0.25) is 0 Å². The summed E-state index contributed by atoms with van der Waals surface area (Å²) in [4.78, 5) is 33.2. The Balaban J connectivity index is 0.000000576. The third-order valence-electron chi connectivity index (χ3n) is 9.17. The molecule has 2 atom stereocenters. The van der Waals surface area contributed by atoms with E-state index in [0.717, 1.165) is 29.4 Å². The van der Waals surface area contributed by atoms with Crippen LogP contribution in [0.15, 0.2) is 53.6 Å². The minimum Gasteiger partial charge on any atom is -0.553 e. The molecule has 0 saturated carbocycles. The summed E-state index contributed by atoms with van der Waals surface area (Å²) in [5, 5.41) is 27.4. The number of phenols is 2. The van der Waals surface area contributed by atoms with E-state index in [4.69, 9.17) is 44.0 Å². The first-order chi connectivity index (χ1) is 27.9. The van der Waals surface area contributed by atoms with Crippen LogP contribution in [-0.4, -0.2) is 86.2 Å². The number of aromatic hydroxyl groups is 2. The number of ether oxygens (including phenoxy) is 6. The van der Waals surface area contributed by atoms with Gasteiger partial charge in [0.15, 0.2) is 0 Å². The molecular weight excluding hydrogens is 847 g/mol. The first kappa shape index (κ1) is 55.3. The van der Waals surface area contributed by atoms with E-state index in [-0.39, 0.29) is 92.4 Å². The van der Waals surface area contributed by atoms with E-state index in [1.165, 1.54) is 20.9 Å². The third-order valence-corrected chi connectivity index (χ3v) is 11.5. The van der Waals surface area contributed by atoms with Crippen molar-refractivity contribution in [2.45, 2.75) is 61.2 Å². The van der Waals surface area contributed by atoms with Crippen molar-refractivity contribution in [2.75, 3.05) is 53.9 Å². The topological polar surface area (TPSA) is 247 Å². The molecule has 61 heavy (non-hydrogen) atoms. The molecule has 0 fully saturated rings. The van der Waals surface area contributed by atoms with Crippen LogP contribution in [0.3, 0.4) is 0 Å². The Kier molecular flexibility index (Phi) is 23.1. The van der Waals surface area contributed by atoms with E-state index in [1.807, 2.05) is 45.0 Å². The number of carbonyl (C=O) groups excluding carboxylic acids is 2. The fourth-order valence-electron chi connectivity index (χ4n) is 6.20. The molecule has 0 aliphatic carbocycles. The second-order valence-electron chi connectivity index (χ2n) is 13.5. The van der Waals surface area contributed by atoms with Crippen LogP contribution in [0.25, 0.3) is 5.90 Å². The first-order valence-electron chi connectivity index (χ1n) is 18.0. The van der Waals surface area contributed by atoms with Crippen molar-refractivity contribution in [1.82, 2.24) is 0 Å². The Hall–Kier alpha value is -3.70. The summed E-state index contributed by atoms with van der Waals surface area (Å²) in [6, 6.07) is 8.97. The molecule has 0 bridgehead atoms. The summed E-state index contributed by atoms with van der Waals surface area (Å²) < 4.78 is 65.7. The molecule has 0 saturated heterocycles. The number of allylic oxidation sites excluding steroid dienone is 2. The predicted molar refractivity (Wildman–Crippen MR) is 224 cm³/mol. The molecular formula is C41H56NNaO16P2. The maximum Gasteiger partial charge on any atom is 1.00 e. The number of hydrogen-bond donors (Lipinski definition) is 4. The van der Waals surface area contributed by atoms with E-state index in [2.05, 4.69) is 4.52 Å². The number of fused-ring (bicyclic) bond motifs is 2. The van der Waals surface area contributed by atoms with Gasteiger partial charge in [-0.3, -0.25) is 9.13 Å². The molecule has 2 heterocycles. The molecule has 332 valence electrons. The summed E-state index contributed by atoms with van der Waals surface area (Å²) in [6.45, 7) is 9.48. The van der Waals surface area contributed by atoms with Gasteiger partial charge in [0.25, 0.3) is 7.37 Å². The van der Waals surface area contributed by atoms with Gasteiger partial charge in [-0.25, -0.2) is 9.59 Å². The number of nitrogens with one attached hydrogen (secondary N) is 1. The van der Waals surface area contributed by atoms with Crippen LogP contribution in [0.1, 0.15) is 75.4 Å². The summed E-state index contributed by atoms with van der Waals surface area (Å²) in [5.74, 6) is 5.00. The van der Waals surface area contributed by atoms with Gasteiger partial charge in [0.1, 0.15) is 65.8 Å². The van der Waals surface area contributed by atoms with E-state index in [0.29, 0.717) is 52.3 Å². The van der Waals surface area contributed by atoms with Gasteiger partial charge in [-0.15, -0.1) is 0 Å². The van der Waals surface area contributed by atoms with Crippen LogP contribution in [0, 0.1) is 13.8 Å². The van der Waals surface area contributed by atoms with Gasteiger partial charge >= 0.3 is 49.1 Å². The number of para-hydroxylation sites is 1. The van der Waals surface area contributed by atoms with E-state index < -0.39 is 33.3 Å². The molecule has 2 aliphatic rings. The minimum absolute atomic E-state index is 0. The predicted octanol–water partition coefficient (Wildman–Crippen LogP) is 5.57. The molecule has 3 aromatic rings. The molecule has 0 spiro atoms. The number of benzene rings is 3. The van der Waals surface area contributed by atoms with E-state index in [9.17, 15) is 33.8 Å². The van der Waals surface area contributed by atoms with Crippen molar-refractivity contribution in [3.8, 4) is 28.7 Å². The van der Waals surface area contributed by atoms with Gasteiger partial charge in [0, 0.05) is 36.0 Å². The molecule has 0 amide bonds. The average Bonchev–Trinajstić information content (AvgIpc) is 3.80. The number of methoxy groups -OCH3 is 2. The average molecular weight is 904 g/mol. The van der Waals surface area contributed by atoms with Crippen molar-refractivity contribution in [1.29, 1.82) is 0 Å². The molecule has 0 radical (unpaired) electrons. The minimum atomic E-state index is -3.71. The molecule has 17 nitrogen and oxygen atoms in total. The SMILES string of the molecule is C.COc1c(C)c2c(c(O)c1C/C=C(\C)COCP(=O)(O)OC)C(=O)OC2.COc1c(C)c2c(c(O)c1C/C=C(\C)COCP(C)(=O)Oc1ccccc1)C(=O)OC2.[NH-]O.[Na+]. The maximum atomic E-state index is 12.6. The Morgan fingerprint density at radius 3 is 1.57 bits per heavy atom. The molecule has 3 aromatic carbocycles. The van der Waals surface area contributed by atoms with E-state index >= 15 is 0 Å². The summed E-state index contributed by atoms with van der Waals surface area (Å²) in [7, 11) is -2.49. The fraction of sp³-hybridized carbons (Fsp3) is 0.415. The number of phenolic OH excluding ortho intramolecular Hbond substituents is 2. The number of esters is 2. The zero-order valence-electron chi connectivity index (χ0n) is 35.3. The summed E-state index contributed by atoms with van der Waals surface area (Å²) in [5.41, 5.74) is 5.87. The van der Waals surface area contributed by atoms with Crippen molar-refractivity contribution in [3.63, 3.8) is 0 Å². The van der Waals surface area contributed by atoms with Crippen LogP contribution in [-0.2, 0) is 58.7 Å². The quantitative estimate of drug-likeness (QED) is 0.0425. The maximum absolute atomic E-state index is 12.6. The van der Waals surface area contributed by atoms with Gasteiger partial charge in [0.05, 0.1) is 27.4 Å². The zero-order chi connectivity index (χ0) is 44.1. The monoisotopic (exact) mass is 903 g/mol. The summed E-state index contributed by atoms with van der Waals surface area (Å²) in [6.07, 6.45) is 3.88. The standard InChI is InChI=1S/C23H27O7P.C17H23O8P.CH4.H2NO.Na/c1-15(12-28-14-31(4,26)30-17-8-6-5-7-9-17)10-11-18-21(24)20-19(13-29-23(20)25)16(2)22(18)27-3;1-10(7-24-9-26(20,21)23-4)5-6-12-15(18)14-13(8-25-17(14)19)11(2)16(12)22-3;;1-2;/h5-10,24H,11-14H2,1-4H3;5,18H,6-9H2,1-4H3,(H,20,21);1H4;1-2H;/q;;;-1;+1/b15-10+;10-5+;;;. The number of cyclic esters (lactones) is 2. The second-order valence-corrected chi connectivity index (χ2v) is 17.9. The largest absolute Gasteiger partial charge is 1.00 e. The van der Waals surface area contributed by atoms with Crippen LogP contribution in [0.2, 0.25) is 0 Å². The van der Waals surface area contributed by atoms with Crippen LogP contribution in [0.4, 0.5) is 0 Å². The molecule has 20 heteroatoms. The number of rotatable bonds is 17. The van der Waals surface area contributed by atoms with E-state index in [1.54, 1.807) is 25.1 Å². The zero-order valence-corrected chi connectivity index (χ0v) is 39.1. The Morgan fingerprint density at radius 2 is 1.18 bits per heavy atom. The fourth-order valence-corrected chi connectivity index (χ4v) is 7.68. The normalized spacial score (nSPS) is 14.7. The van der Waals surface area contributed by atoms with Gasteiger partial charge in [-0.1, -0.05) is 48.9 Å². The third kappa shape index (κ3) is 14.7. The van der Waals surface area contributed by atoms with Gasteiger partial charge < -0.3 is 63.7 Å². The van der Waals surface area contributed by atoms with Gasteiger partial charge in [-0.2, -0.15) is 0 Å². The first-order valence-corrected chi connectivity index (χ1v) is 22.0. The molecule has 2 unspecified atom stereocenters. The number of carbonyl (C=O) groups is 2. The van der Waals surface area contributed by atoms with Crippen LogP contribution >= 0.6 is 15.0 Å². The number of hydrogen-bond acceptors (Lipinski definition) is 15. The molecule has 2 aliphatic heterocycles. The Morgan fingerprint density at radius 1 is 0.770 bits per heavy atom. The van der Waals surface area contributed by atoms with Crippen LogP contribution < -0.4 is 43.6 Å². The van der Waals surface area contributed by atoms with Gasteiger partial charge in [-0.05, 0) is 63.8 Å². The van der Waals surface area contributed by atoms with Crippen LogP contribution in [0.5, 0.6) is 28.7 Å². The molecule has 5 N–H and O–H groups in total.